The monoisotopic (exact) mass is 286 g/mol. The number of fused-ring (bicyclic) bond motifs is 2. The molecule has 4 rings (SSSR count). The first kappa shape index (κ1) is 12.8. The molecule has 0 bridgehead atoms. The minimum absolute atomic E-state index is 0.628. The van der Waals surface area contributed by atoms with Crippen LogP contribution in [0.4, 0.5) is 0 Å². The van der Waals surface area contributed by atoms with E-state index in [4.69, 9.17) is 4.98 Å². The van der Waals surface area contributed by atoms with Crippen molar-refractivity contribution in [3.05, 3.63) is 29.3 Å². The van der Waals surface area contributed by atoms with Crippen LogP contribution in [0.2, 0.25) is 0 Å². The zero-order valence-corrected chi connectivity index (χ0v) is 12.8. The molecule has 2 saturated carbocycles. The third kappa shape index (κ3) is 2.17. The third-order valence-corrected chi connectivity index (χ3v) is 6.35. The Morgan fingerprint density at radius 2 is 2.00 bits per heavy atom. The molecule has 106 valence electrons. The number of hydrogen-bond acceptors (Lipinski definition) is 3. The van der Waals surface area contributed by atoms with Gasteiger partial charge in [0, 0.05) is 12.5 Å². The number of benzene rings is 1. The number of nitrogens with one attached hydrogen (secondary N) is 1. The summed E-state index contributed by atoms with van der Waals surface area (Å²) in [6.07, 6.45) is 6.94. The van der Waals surface area contributed by atoms with Crippen LogP contribution in [0.1, 0.15) is 30.7 Å². The topological polar surface area (TPSA) is 24.9 Å². The van der Waals surface area contributed by atoms with E-state index in [1.54, 1.807) is 0 Å². The molecule has 0 radical (unpaired) electrons. The van der Waals surface area contributed by atoms with Crippen molar-refractivity contribution in [1.29, 1.82) is 0 Å². The molecule has 1 aromatic carbocycles. The lowest BCUT2D eigenvalue weighted by Crippen LogP contribution is -2.31. The van der Waals surface area contributed by atoms with Crippen LogP contribution in [0.5, 0.6) is 0 Å². The standard InChI is InChI=1S/C17H22N2S/c1-18-14(17-11-6-2-3-7-12(11)17)10-16-19-13-8-4-5-9-15(13)20-16/h4-5,8-9,11-12,14,17-18H,2-3,6-7,10H2,1H3. The van der Waals surface area contributed by atoms with Crippen molar-refractivity contribution in [2.45, 2.75) is 38.1 Å². The van der Waals surface area contributed by atoms with Crippen LogP contribution in [0.3, 0.4) is 0 Å². The van der Waals surface area contributed by atoms with Gasteiger partial charge in [0.25, 0.3) is 0 Å². The molecule has 2 aliphatic rings. The molecule has 0 spiro atoms. The Labute approximate surface area is 124 Å². The number of nitrogens with zero attached hydrogens (tertiary/aromatic N) is 1. The Morgan fingerprint density at radius 1 is 1.25 bits per heavy atom. The minimum Gasteiger partial charge on any atom is -0.316 e. The van der Waals surface area contributed by atoms with Crippen molar-refractivity contribution in [3.63, 3.8) is 0 Å². The summed E-state index contributed by atoms with van der Waals surface area (Å²) in [5.41, 5.74) is 1.16. The van der Waals surface area contributed by atoms with Gasteiger partial charge in [0.2, 0.25) is 0 Å². The van der Waals surface area contributed by atoms with E-state index in [2.05, 4.69) is 36.6 Å². The Kier molecular flexibility index (Phi) is 3.27. The van der Waals surface area contributed by atoms with Gasteiger partial charge in [0.05, 0.1) is 15.2 Å². The van der Waals surface area contributed by atoms with Gasteiger partial charge in [0.1, 0.15) is 0 Å². The van der Waals surface area contributed by atoms with Gasteiger partial charge in [-0.25, -0.2) is 4.98 Å². The summed E-state index contributed by atoms with van der Waals surface area (Å²) in [5.74, 6) is 2.93. The number of thiazole rings is 1. The molecule has 0 saturated heterocycles. The van der Waals surface area contributed by atoms with Crippen molar-refractivity contribution in [2.75, 3.05) is 7.05 Å². The van der Waals surface area contributed by atoms with Crippen LogP contribution >= 0.6 is 11.3 Å². The molecule has 1 heterocycles. The van der Waals surface area contributed by atoms with Gasteiger partial charge < -0.3 is 5.32 Å². The highest BCUT2D eigenvalue weighted by molar-refractivity contribution is 7.18. The van der Waals surface area contributed by atoms with Gasteiger partial charge in [0.15, 0.2) is 0 Å². The summed E-state index contributed by atoms with van der Waals surface area (Å²) in [7, 11) is 2.13. The quantitative estimate of drug-likeness (QED) is 0.923. The first-order chi connectivity index (χ1) is 9.86. The lowest BCUT2D eigenvalue weighted by atomic mass is 10.0. The van der Waals surface area contributed by atoms with Crippen LogP contribution in [0.15, 0.2) is 24.3 Å². The summed E-state index contributed by atoms with van der Waals surface area (Å²) in [4.78, 5) is 4.81. The van der Waals surface area contributed by atoms with E-state index < -0.39 is 0 Å². The predicted molar refractivity (Wildman–Crippen MR) is 85.1 cm³/mol. The van der Waals surface area contributed by atoms with Crippen LogP contribution in [0, 0.1) is 17.8 Å². The molecule has 1 aromatic heterocycles. The zero-order chi connectivity index (χ0) is 13.5. The fourth-order valence-electron chi connectivity index (χ4n) is 4.27. The van der Waals surface area contributed by atoms with Crippen LogP contribution in [-0.2, 0) is 6.42 Å². The first-order valence-corrected chi connectivity index (χ1v) is 8.70. The molecule has 2 aromatic rings. The largest absolute Gasteiger partial charge is 0.316 e. The second-order valence-electron chi connectivity index (χ2n) is 6.36. The van der Waals surface area contributed by atoms with E-state index in [-0.39, 0.29) is 0 Å². The van der Waals surface area contributed by atoms with Gasteiger partial charge in [-0.2, -0.15) is 0 Å². The highest BCUT2D eigenvalue weighted by Crippen LogP contribution is 2.57. The van der Waals surface area contributed by atoms with Crippen molar-refractivity contribution < 1.29 is 0 Å². The Hall–Kier alpha value is -0.930. The number of aromatic nitrogens is 1. The lowest BCUT2D eigenvalue weighted by Gasteiger charge is -2.14. The number of rotatable bonds is 4. The van der Waals surface area contributed by atoms with E-state index in [0.29, 0.717) is 6.04 Å². The number of likely N-dealkylation sites (N-methyl/N-ethyl adjacent to an activating group) is 1. The molecule has 2 nitrogen and oxygen atoms in total. The van der Waals surface area contributed by atoms with Crippen LogP contribution < -0.4 is 5.32 Å². The summed E-state index contributed by atoms with van der Waals surface area (Å²) in [5, 5.41) is 4.88. The zero-order valence-electron chi connectivity index (χ0n) is 12.0. The maximum Gasteiger partial charge on any atom is 0.0954 e. The summed E-state index contributed by atoms with van der Waals surface area (Å²) in [6, 6.07) is 9.12. The summed E-state index contributed by atoms with van der Waals surface area (Å²) in [6.45, 7) is 0. The molecular formula is C17H22N2S. The van der Waals surface area contributed by atoms with Gasteiger partial charge in [-0.3, -0.25) is 0 Å². The van der Waals surface area contributed by atoms with Gasteiger partial charge in [-0.1, -0.05) is 25.0 Å². The molecule has 2 fully saturated rings. The number of hydrogen-bond donors (Lipinski definition) is 1. The van der Waals surface area contributed by atoms with Gasteiger partial charge >= 0.3 is 0 Å². The molecule has 20 heavy (non-hydrogen) atoms. The second-order valence-corrected chi connectivity index (χ2v) is 7.48. The number of para-hydroxylation sites is 1. The Morgan fingerprint density at radius 3 is 2.70 bits per heavy atom. The van der Waals surface area contributed by atoms with E-state index in [9.17, 15) is 0 Å². The highest BCUT2D eigenvalue weighted by Gasteiger charge is 2.53. The van der Waals surface area contributed by atoms with Crippen LogP contribution in [0.25, 0.3) is 10.2 Å². The fraction of sp³-hybridized carbons (Fsp3) is 0.588. The Balaban J connectivity index is 1.51. The van der Waals surface area contributed by atoms with Gasteiger partial charge in [-0.15, -0.1) is 11.3 Å². The summed E-state index contributed by atoms with van der Waals surface area (Å²) < 4.78 is 1.32. The second kappa shape index (κ2) is 5.12. The molecule has 3 unspecified atom stereocenters. The van der Waals surface area contributed by atoms with Crippen molar-refractivity contribution in [1.82, 2.24) is 10.3 Å². The van der Waals surface area contributed by atoms with Crippen molar-refractivity contribution in [2.24, 2.45) is 17.8 Å². The molecule has 0 amide bonds. The Bertz CT molecular complexity index is 561. The maximum absolute atomic E-state index is 4.81. The molecule has 1 N–H and O–H groups in total. The summed E-state index contributed by atoms with van der Waals surface area (Å²) >= 11 is 1.87. The fourth-order valence-corrected chi connectivity index (χ4v) is 5.30. The SMILES string of the molecule is CNC(Cc1nc2ccccc2s1)C1C2CCCCC21. The molecule has 0 aliphatic heterocycles. The van der Waals surface area contributed by atoms with Crippen molar-refractivity contribution in [3.8, 4) is 0 Å². The predicted octanol–water partition coefficient (Wildman–Crippen LogP) is 3.86. The van der Waals surface area contributed by atoms with Gasteiger partial charge in [-0.05, 0) is 49.8 Å². The normalized spacial score (nSPS) is 30.1. The van der Waals surface area contributed by atoms with Crippen molar-refractivity contribution >= 4 is 21.6 Å². The van der Waals surface area contributed by atoms with E-state index >= 15 is 0 Å². The average molecular weight is 286 g/mol. The first-order valence-electron chi connectivity index (χ1n) is 7.88. The molecule has 3 atom stereocenters. The minimum atomic E-state index is 0.628. The highest BCUT2D eigenvalue weighted by atomic mass is 32.1. The van der Waals surface area contributed by atoms with Crippen LogP contribution in [-0.4, -0.2) is 18.1 Å². The maximum atomic E-state index is 4.81. The van der Waals surface area contributed by atoms with E-state index in [0.717, 1.165) is 29.7 Å². The molecular weight excluding hydrogens is 264 g/mol. The lowest BCUT2D eigenvalue weighted by molar-refractivity contribution is 0.459. The smallest absolute Gasteiger partial charge is 0.0954 e. The molecule has 3 heteroatoms. The average Bonchev–Trinajstić information content (AvgIpc) is 3.06. The van der Waals surface area contributed by atoms with E-state index in [1.807, 2.05) is 11.3 Å². The van der Waals surface area contributed by atoms with E-state index in [1.165, 1.54) is 35.4 Å². The third-order valence-electron chi connectivity index (χ3n) is 5.29. The molecule has 2 aliphatic carbocycles.